The molecule has 3 heterocycles. The minimum atomic E-state index is 0.136. The maximum atomic E-state index is 6.07. The smallest absolute Gasteiger partial charge is 0.145 e. The lowest BCUT2D eigenvalue weighted by molar-refractivity contribution is 0.0510. The molecule has 0 aromatic heterocycles. The second-order valence-corrected chi connectivity index (χ2v) is 12.1. The summed E-state index contributed by atoms with van der Waals surface area (Å²) >= 11 is 0. The molecule has 3 aliphatic heterocycles. The second kappa shape index (κ2) is 13.1. The summed E-state index contributed by atoms with van der Waals surface area (Å²) in [6.07, 6.45) is 3.36. The first kappa shape index (κ1) is 28.4. The third kappa shape index (κ3) is 6.84. The van der Waals surface area contributed by atoms with Gasteiger partial charge in [0.1, 0.15) is 11.9 Å². The van der Waals surface area contributed by atoms with E-state index in [1.54, 1.807) is 0 Å². The molecular weight excluding hydrogens is 522 g/mol. The summed E-state index contributed by atoms with van der Waals surface area (Å²) in [6.45, 7) is 14.0. The Morgan fingerprint density at radius 2 is 1.76 bits per heavy atom. The number of para-hydroxylation sites is 2. The predicted octanol–water partition coefficient (Wildman–Crippen LogP) is 5.98. The predicted molar refractivity (Wildman–Crippen MR) is 173 cm³/mol. The van der Waals surface area contributed by atoms with Crippen molar-refractivity contribution in [3.05, 3.63) is 83.4 Å². The van der Waals surface area contributed by atoms with Crippen LogP contribution < -0.4 is 19.9 Å². The number of ether oxygens (including phenoxy) is 1. The summed E-state index contributed by atoms with van der Waals surface area (Å²) in [6, 6.07) is 24.1. The Morgan fingerprint density at radius 1 is 0.929 bits per heavy atom. The maximum absolute atomic E-state index is 6.07. The van der Waals surface area contributed by atoms with Crippen LogP contribution in [-0.2, 0) is 24.2 Å². The highest BCUT2D eigenvalue weighted by molar-refractivity contribution is 5.90. The van der Waals surface area contributed by atoms with Crippen LogP contribution in [0, 0.1) is 0 Å². The van der Waals surface area contributed by atoms with E-state index in [1.807, 2.05) is 0 Å². The number of rotatable bonds is 11. The summed E-state index contributed by atoms with van der Waals surface area (Å²) in [4.78, 5) is 13.4. The van der Waals surface area contributed by atoms with Gasteiger partial charge in [0.2, 0.25) is 0 Å². The van der Waals surface area contributed by atoms with Crippen LogP contribution in [0.15, 0.2) is 71.9 Å². The first-order chi connectivity index (χ1) is 20.5. The van der Waals surface area contributed by atoms with Crippen molar-refractivity contribution in [3.63, 3.8) is 0 Å². The van der Waals surface area contributed by atoms with Crippen LogP contribution in [0.1, 0.15) is 43.9 Å². The number of hydrogen-bond donors (Lipinski definition) is 1. The number of aryl methyl sites for hydroxylation is 1. The summed E-state index contributed by atoms with van der Waals surface area (Å²) < 4.78 is 6.07. The van der Waals surface area contributed by atoms with E-state index in [9.17, 15) is 0 Å². The van der Waals surface area contributed by atoms with Crippen molar-refractivity contribution < 1.29 is 9.57 Å². The van der Waals surface area contributed by atoms with E-state index in [-0.39, 0.29) is 12.2 Å². The molecule has 3 aliphatic rings. The van der Waals surface area contributed by atoms with Crippen LogP contribution in [-0.4, -0.2) is 68.6 Å². The van der Waals surface area contributed by atoms with Gasteiger partial charge in [-0.2, -0.15) is 0 Å². The van der Waals surface area contributed by atoms with Crippen LogP contribution in [0.5, 0.6) is 5.75 Å². The largest absolute Gasteiger partial charge is 0.489 e. The van der Waals surface area contributed by atoms with Gasteiger partial charge >= 0.3 is 0 Å². The highest BCUT2D eigenvalue weighted by Gasteiger charge is 2.29. The Bertz CT molecular complexity index is 1380. The molecular formula is C35H45N5O2. The molecule has 0 spiro atoms. The fourth-order valence-electron chi connectivity index (χ4n) is 6.31. The first-order valence-corrected chi connectivity index (χ1v) is 15.7. The molecule has 3 aromatic carbocycles. The fourth-order valence-corrected chi connectivity index (χ4v) is 6.31. The summed E-state index contributed by atoms with van der Waals surface area (Å²) in [5, 5.41) is 8.18. The number of nitrogens with one attached hydrogen (secondary N) is 1. The molecule has 0 aliphatic carbocycles. The number of hydrogen-bond acceptors (Lipinski definition) is 7. The topological polar surface area (TPSA) is 52.6 Å². The van der Waals surface area contributed by atoms with Crippen LogP contribution in [0.3, 0.4) is 0 Å². The van der Waals surface area contributed by atoms with Crippen LogP contribution in [0.4, 0.5) is 17.1 Å². The average Bonchev–Trinajstić information content (AvgIpc) is 3.63. The van der Waals surface area contributed by atoms with Crippen LogP contribution in [0.25, 0.3) is 0 Å². The second-order valence-electron chi connectivity index (χ2n) is 12.1. The molecule has 222 valence electrons. The molecule has 7 heteroatoms. The molecule has 0 radical (unpaired) electrons. The Labute approximate surface area is 251 Å². The third-order valence-corrected chi connectivity index (χ3v) is 8.54. The van der Waals surface area contributed by atoms with Gasteiger partial charge in [-0.3, -0.25) is 4.90 Å². The Hall–Kier alpha value is -3.71. The maximum Gasteiger partial charge on any atom is 0.145 e. The quantitative estimate of drug-likeness (QED) is 0.308. The molecule has 1 atom stereocenters. The van der Waals surface area contributed by atoms with Crippen molar-refractivity contribution in [2.45, 2.75) is 58.8 Å². The summed E-state index contributed by atoms with van der Waals surface area (Å²) in [5.74, 6) is 0.978. The zero-order chi connectivity index (χ0) is 28.9. The molecule has 0 amide bonds. The van der Waals surface area contributed by atoms with Crippen molar-refractivity contribution in [1.29, 1.82) is 0 Å². The Balaban J connectivity index is 0.978. The number of nitrogens with zero attached hydrogens (tertiary/aromatic N) is 4. The SMILES string of the molecule is CCc1cccc(CNc2ccc3c(c2)N(CC2=NOC(CN4CCN(c5ccccc5OC(C)C)CC4)C2)CC3)c1. The lowest BCUT2D eigenvalue weighted by Crippen LogP contribution is -2.48. The molecule has 6 rings (SSSR count). The molecule has 3 aromatic rings. The van der Waals surface area contributed by atoms with Gasteiger partial charge in [-0.15, -0.1) is 0 Å². The minimum absolute atomic E-state index is 0.136. The number of anilines is 3. The van der Waals surface area contributed by atoms with Gasteiger partial charge in [0, 0.05) is 63.6 Å². The van der Waals surface area contributed by atoms with Gasteiger partial charge in [-0.25, -0.2) is 0 Å². The van der Waals surface area contributed by atoms with Crippen molar-refractivity contribution in [2.24, 2.45) is 5.16 Å². The number of benzene rings is 3. The zero-order valence-electron chi connectivity index (χ0n) is 25.4. The Morgan fingerprint density at radius 3 is 2.60 bits per heavy atom. The van der Waals surface area contributed by atoms with E-state index < -0.39 is 0 Å². The molecule has 1 fully saturated rings. The van der Waals surface area contributed by atoms with Crippen molar-refractivity contribution in [1.82, 2.24) is 4.90 Å². The van der Waals surface area contributed by atoms with Crippen LogP contribution in [0.2, 0.25) is 0 Å². The average molecular weight is 568 g/mol. The van der Waals surface area contributed by atoms with Gasteiger partial charge in [0.25, 0.3) is 0 Å². The van der Waals surface area contributed by atoms with Gasteiger partial charge in [0.05, 0.1) is 24.0 Å². The highest BCUT2D eigenvalue weighted by atomic mass is 16.6. The summed E-state index contributed by atoms with van der Waals surface area (Å²) in [5.41, 5.74) is 8.97. The van der Waals surface area contributed by atoms with Crippen molar-refractivity contribution >= 4 is 22.8 Å². The van der Waals surface area contributed by atoms with E-state index in [0.717, 1.165) is 83.1 Å². The molecule has 1 N–H and O–H groups in total. The molecule has 7 nitrogen and oxygen atoms in total. The van der Waals surface area contributed by atoms with Crippen molar-refractivity contribution in [3.8, 4) is 5.75 Å². The van der Waals surface area contributed by atoms with Gasteiger partial charge in [-0.05, 0) is 67.6 Å². The molecule has 0 bridgehead atoms. The lowest BCUT2D eigenvalue weighted by Gasteiger charge is -2.37. The first-order valence-electron chi connectivity index (χ1n) is 15.7. The third-order valence-electron chi connectivity index (χ3n) is 8.54. The van der Waals surface area contributed by atoms with Gasteiger partial charge < -0.3 is 24.7 Å². The highest BCUT2D eigenvalue weighted by Crippen LogP contribution is 2.32. The fraction of sp³-hybridized carbons (Fsp3) is 0.457. The zero-order valence-corrected chi connectivity index (χ0v) is 25.4. The van der Waals surface area contributed by atoms with E-state index in [2.05, 4.69) is 113 Å². The van der Waals surface area contributed by atoms with Crippen LogP contribution >= 0.6 is 0 Å². The molecule has 42 heavy (non-hydrogen) atoms. The lowest BCUT2D eigenvalue weighted by atomic mass is 10.1. The van der Waals surface area contributed by atoms with Crippen molar-refractivity contribution in [2.75, 3.05) is 60.9 Å². The number of fused-ring (bicyclic) bond motifs is 1. The minimum Gasteiger partial charge on any atom is -0.489 e. The summed E-state index contributed by atoms with van der Waals surface area (Å²) in [7, 11) is 0. The van der Waals surface area contributed by atoms with E-state index in [0.29, 0.717) is 0 Å². The van der Waals surface area contributed by atoms with Gasteiger partial charge in [0.15, 0.2) is 0 Å². The van der Waals surface area contributed by atoms with E-state index >= 15 is 0 Å². The van der Waals surface area contributed by atoms with E-state index in [1.165, 1.54) is 33.8 Å². The molecule has 1 saturated heterocycles. The molecule has 0 saturated carbocycles. The Kier molecular flexibility index (Phi) is 8.84. The monoisotopic (exact) mass is 567 g/mol. The molecule has 1 unspecified atom stereocenters. The van der Waals surface area contributed by atoms with E-state index in [4.69, 9.17) is 9.57 Å². The van der Waals surface area contributed by atoms with Gasteiger partial charge in [-0.1, -0.05) is 54.5 Å². The normalized spacial score (nSPS) is 18.7. The number of piperazine rings is 1. The standard InChI is InChI=1S/C35H45N5O2/c1-4-27-8-7-9-28(20-27)23-36-30-13-12-29-14-15-40(34(29)22-30)24-31-21-32(42-37-31)25-38-16-18-39(19-17-38)33-10-5-6-11-35(33)41-26(2)3/h5-13,20,22,26,32,36H,4,14-19,21,23-25H2,1-3H3. The number of oxime groups is 1.